The SMILES string of the molecule is COc1cccc(F)c1C(NN)c1cncc(F)c1. The maximum Gasteiger partial charge on any atom is 0.141 e. The van der Waals surface area contributed by atoms with E-state index in [1.807, 2.05) is 0 Å². The van der Waals surface area contributed by atoms with Gasteiger partial charge in [-0.1, -0.05) is 6.07 Å². The monoisotopic (exact) mass is 265 g/mol. The van der Waals surface area contributed by atoms with Crippen molar-refractivity contribution in [3.8, 4) is 5.75 Å². The van der Waals surface area contributed by atoms with E-state index < -0.39 is 17.7 Å². The van der Waals surface area contributed by atoms with Crippen LogP contribution in [-0.2, 0) is 0 Å². The van der Waals surface area contributed by atoms with Gasteiger partial charge in [0.2, 0.25) is 0 Å². The Bertz CT molecular complexity index is 578. The van der Waals surface area contributed by atoms with Crippen LogP contribution in [0.4, 0.5) is 8.78 Å². The fraction of sp³-hybridized carbons (Fsp3) is 0.154. The Balaban J connectivity index is 2.54. The zero-order valence-corrected chi connectivity index (χ0v) is 10.2. The molecule has 2 rings (SSSR count). The number of hydrogen-bond donors (Lipinski definition) is 2. The zero-order chi connectivity index (χ0) is 13.8. The van der Waals surface area contributed by atoms with Crippen molar-refractivity contribution >= 4 is 0 Å². The predicted octanol–water partition coefficient (Wildman–Crippen LogP) is 1.92. The number of aromatic nitrogens is 1. The van der Waals surface area contributed by atoms with Gasteiger partial charge in [-0.25, -0.2) is 14.2 Å². The Labute approximate surface area is 109 Å². The zero-order valence-electron chi connectivity index (χ0n) is 10.2. The molecule has 0 fully saturated rings. The summed E-state index contributed by atoms with van der Waals surface area (Å²) >= 11 is 0. The number of nitrogens with one attached hydrogen (secondary N) is 1. The highest BCUT2D eigenvalue weighted by Gasteiger charge is 2.21. The molecule has 1 atom stereocenters. The van der Waals surface area contributed by atoms with E-state index in [0.717, 1.165) is 6.20 Å². The second-order valence-electron chi connectivity index (χ2n) is 3.89. The quantitative estimate of drug-likeness (QED) is 0.655. The molecule has 3 N–H and O–H groups in total. The van der Waals surface area contributed by atoms with Crippen molar-refractivity contribution < 1.29 is 13.5 Å². The Morgan fingerprint density at radius 3 is 2.74 bits per heavy atom. The number of ether oxygens (including phenoxy) is 1. The van der Waals surface area contributed by atoms with Crippen LogP contribution in [0.5, 0.6) is 5.75 Å². The average molecular weight is 265 g/mol. The summed E-state index contributed by atoms with van der Waals surface area (Å²) in [6, 6.07) is 4.91. The summed E-state index contributed by atoms with van der Waals surface area (Å²) in [7, 11) is 1.43. The van der Waals surface area contributed by atoms with Gasteiger partial charge in [-0.15, -0.1) is 0 Å². The van der Waals surface area contributed by atoms with Gasteiger partial charge < -0.3 is 4.74 Å². The number of nitrogens with two attached hydrogens (primary N) is 1. The van der Waals surface area contributed by atoms with E-state index in [0.29, 0.717) is 11.3 Å². The van der Waals surface area contributed by atoms with Crippen LogP contribution < -0.4 is 16.0 Å². The smallest absolute Gasteiger partial charge is 0.141 e. The molecule has 0 bridgehead atoms. The third-order valence-electron chi connectivity index (χ3n) is 2.75. The van der Waals surface area contributed by atoms with Gasteiger partial charge in [0.1, 0.15) is 17.4 Å². The summed E-state index contributed by atoms with van der Waals surface area (Å²) in [6.07, 6.45) is 2.48. The molecule has 2 aromatic rings. The number of hydrazine groups is 1. The molecule has 0 amide bonds. The Kier molecular flexibility index (Phi) is 4.03. The van der Waals surface area contributed by atoms with Gasteiger partial charge in [0.25, 0.3) is 0 Å². The predicted molar refractivity (Wildman–Crippen MR) is 66.3 cm³/mol. The third kappa shape index (κ3) is 2.69. The molecule has 6 heteroatoms. The van der Waals surface area contributed by atoms with Crippen molar-refractivity contribution in [2.75, 3.05) is 7.11 Å². The molecule has 1 aromatic carbocycles. The van der Waals surface area contributed by atoms with E-state index in [9.17, 15) is 8.78 Å². The highest BCUT2D eigenvalue weighted by molar-refractivity contribution is 5.42. The molecule has 1 heterocycles. The molecule has 0 saturated heterocycles. The second kappa shape index (κ2) is 5.73. The van der Waals surface area contributed by atoms with E-state index in [2.05, 4.69) is 10.4 Å². The number of rotatable bonds is 4. The summed E-state index contributed by atoms with van der Waals surface area (Å²) in [6.45, 7) is 0. The highest BCUT2D eigenvalue weighted by atomic mass is 19.1. The first-order chi connectivity index (χ1) is 9.17. The second-order valence-corrected chi connectivity index (χ2v) is 3.89. The van der Waals surface area contributed by atoms with Gasteiger partial charge in [-0.2, -0.15) is 0 Å². The van der Waals surface area contributed by atoms with Gasteiger partial charge in [0, 0.05) is 6.20 Å². The Morgan fingerprint density at radius 2 is 2.11 bits per heavy atom. The Morgan fingerprint density at radius 1 is 1.32 bits per heavy atom. The van der Waals surface area contributed by atoms with E-state index in [1.54, 1.807) is 6.07 Å². The van der Waals surface area contributed by atoms with Crippen molar-refractivity contribution in [3.05, 3.63) is 59.4 Å². The van der Waals surface area contributed by atoms with E-state index >= 15 is 0 Å². The maximum atomic E-state index is 14.0. The summed E-state index contributed by atoms with van der Waals surface area (Å²) < 4.78 is 32.3. The number of halogens is 2. The van der Waals surface area contributed by atoms with Crippen molar-refractivity contribution in [2.45, 2.75) is 6.04 Å². The van der Waals surface area contributed by atoms with Crippen LogP contribution in [-0.4, -0.2) is 12.1 Å². The summed E-state index contributed by atoms with van der Waals surface area (Å²) in [5, 5.41) is 0. The topological polar surface area (TPSA) is 60.2 Å². The van der Waals surface area contributed by atoms with Crippen molar-refractivity contribution in [2.24, 2.45) is 5.84 Å². The summed E-state index contributed by atoms with van der Waals surface area (Å²) in [4.78, 5) is 3.73. The number of nitrogens with zero attached hydrogens (tertiary/aromatic N) is 1. The average Bonchev–Trinajstić information content (AvgIpc) is 2.41. The highest BCUT2D eigenvalue weighted by Crippen LogP contribution is 2.31. The molecule has 0 aliphatic carbocycles. The van der Waals surface area contributed by atoms with E-state index in [4.69, 9.17) is 10.6 Å². The molecule has 0 aliphatic heterocycles. The van der Waals surface area contributed by atoms with Crippen molar-refractivity contribution in [1.29, 1.82) is 0 Å². The molecule has 0 spiro atoms. The molecule has 0 radical (unpaired) electrons. The standard InChI is InChI=1S/C13H13F2N3O/c1-19-11-4-2-3-10(15)12(11)13(18-16)8-5-9(14)7-17-6-8/h2-7,13,18H,16H2,1H3. The Hall–Kier alpha value is -2.05. The lowest BCUT2D eigenvalue weighted by Crippen LogP contribution is -2.30. The fourth-order valence-corrected chi connectivity index (χ4v) is 1.91. The molecule has 19 heavy (non-hydrogen) atoms. The molecule has 1 unspecified atom stereocenters. The lowest BCUT2D eigenvalue weighted by molar-refractivity contribution is 0.397. The van der Waals surface area contributed by atoms with Crippen LogP contribution in [0.15, 0.2) is 36.7 Å². The van der Waals surface area contributed by atoms with Gasteiger partial charge in [0.15, 0.2) is 0 Å². The number of benzene rings is 1. The minimum atomic E-state index is -0.751. The maximum absolute atomic E-state index is 14.0. The summed E-state index contributed by atoms with van der Waals surface area (Å²) in [5.41, 5.74) is 3.07. The minimum Gasteiger partial charge on any atom is -0.496 e. The molecule has 4 nitrogen and oxygen atoms in total. The van der Waals surface area contributed by atoms with Crippen LogP contribution >= 0.6 is 0 Å². The van der Waals surface area contributed by atoms with Crippen LogP contribution in [0.25, 0.3) is 0 Å². The fourth-order valence-electron chi connectivity index (χ4n) is 1.91. The largest absolute Gasteiger partial charge is 0.496 e. The number of hydrogen-bond acceptors (Lipinski definition) is 4. The van der Waals surface area contributed by atoms with Crippen LogP contribution in [0.1, 0.15) is 17.2 Å². The minimum absolute atomic E-state index is 0.208. The normalized spacial score (nSPS) is 12.2. The molecule has 1 aromatic heterocycles. The first kappa shape index (κ1) is 13.4. The molecule has 0 saturated carbocycles. The van der Waals surface area contributed by atoms with Crippen LogP contribution in [0.2, 0.25) is 0 Å². The molecule has 100 valence electrons. The van der Waals surface area contributed by atoms with E-state index in [-0.39, 0.29) is 5.56 Å². The van der Waals surface area contributed by atoms with Gasteiger partial charge in [0.05, 0.1) is 24.9 Å². The molecular weight excluding hydrogens is 252 g/mol. The summed E-state index contributed by atoms with van der Waals surface area (Å²) in [5.74, 6) is 4.77. The van der Waals surface area contributed by atoms with Crippen molar-refractivity contribution in [1.82, 2.24) is 10.4 Å². The number of pyridine rings is 1. The van der Waals surface area contributed by atoms with E-state index in [1.165, 1.54) is 31.5 Å². The third-order valence-corrected chi connectivity index (χ3v) is 2.75. The number of methoxy groups -OCH3 is 1. The first-order valence-corrected chi connectivity index (χ1v) is 5.56. The first-order valence-electron chi connectivity index (χ1n) is 5.56. The molecule has 0 aliphatic rings. The van der Waals surface area contributed by atoms with Gasteiger partial charge in [-0.05, 0) is 23.8 Å². The van der Waals surface area contributed by atoms with Gasteiger partial charge >= 0.3 is 0 Å². The van der Waals surface area contributed by atoms with Crippen LogP contribution in [0, 0.1) is 11.6 Å². The van der Waals surface area contributed by atoms with Crippen LogP contribution in [0.3, 0.4) is 0 Å². The lowest BCUT2D eigenvalue weighted by Gasteiger charge is -2.19. The van der Waals surface area contributed by atoms with Crippen molar-refractivity contribution in [3.63, 3.8) is 0 Å². The lowest BCUT2D eigenvalue weighted by atomic mass is 9.99. The van der Waals surface area contributed by atoms with Gasteiger partial charge in [-0.3, -0.25) is 10.8 Å². The molecular formula is C13H13F2N3O.